The van der Waals surface area contributed by atoms with Crippen LogP contribution in [0.4, 0.5) is 0 Å². The molecule has 1 saturated heterocycles. The van der Waals surface area contributed by atoms with Crippen molar-refractivity contribution >= 4 is 17.4 Å². The highest BCUT2D eigenvalue weighted by molar-refractivity contribution is 6.46. The second kappa shape index (κ2) is 9.69. The van der Waals surface area contributed by atoms with Crippen molar-refractivity contribution in [2.45, 2.75) is 32.9 Å². The number of Topliss-reactive ketones (excluding diaryl/α,β-unsaturated/α-hetero) is 1. The van der Waals surface area contributed by atoms with Crippen molar-refractivity contribution in [2.24, 2.45) is 0 Å². The molecule has 1 atom stereocenters. The van der Waals surface area contributed by atoms with E-state index in [-0.39, 0.29) is 17.9 Å². The van der Waals surface area contributed by atoms with E-state index < -0.39 is 17.7 Å². The maximum absolute atomic E-state index is 13.2. The van der Waals surface area contributed by atoms with Gasteiger partial charge in [0.25, 0.3) is 11.7 Å². The van der Waals surface area contributed by atoms with Crippen LogP contribution in [0.15, 0.2) is 78.6 Å². The van der Waals surface area contributed by atoms with Crippen LogP contribution in [0.5, 0.6) is 5.75 Å². The molecule has 6 heteroatoms. The van der Waals surface area contributed by atoms with E-state index in [1.165, 1.54) is 4.90 Å². The Morgan fingerprint density at radius 1 is 1.09 bits per heavy atom. The maximum Gasteiger partial charge on any atom is 0.295 e. The van der Waals surface area contributed by atoms with Crippen LogP contribution in [0, 0.1) is 6.92 Å². The van der Waals surface area contributed by atoms with Crippen LogP contribution in [0.25, 0.3) is 5.76 Å². The van der Waals surface area contributed by atoms with E-state index in [1.54, 1.807) is 42.7 Å². The summed E-state index contributed by atoms with van der Waals surface area (Å²) >= 11 is 0. The average Bonchev–Trinajstić information content (AvgIpc) is 3.08. The van der Waals surface area contributed by atoms with E-state index in [1.807, 2.05) is 44.2 Å². The minimum absolute atomic E-state index is 0.0698. The first kappa shape index (κ1) is 22.3. The number of rotatable bonds is 7. The number of carbonyl (C=O) groups is 2. The standard InChI is InChI=1S/C27H26N2O4/c1-3-14-33-22-8-4-7-21(15-22)25(30)23-24(20-11-9-18(2)10-12-20)29(27(32)26(23)31)17-19-6-5-13-28-16-19/h4-13,15-16,24,30H,3,14,17H2,1-2H3/b25-23+. The summed E-state index contributed by atoms with van der Waals surface area (Å²) in [6.45, 7) is 4.73. The van der Waals surface area contributed by atoms with Crippen LogP contribution < -0.4 is 4.74 Å². The Kier molecular flexibility index (Phi) is 6.54. The predicted octanol–water partition coefficient (Wildman–Crippen LogP) is 4.80. The van der Waals surface area contributed by atoms with Gasteiger partial charge in [0.1, 0.15) is 11.5 Å². The van der Waals surface area contributed by atoms with Gasteiger partial charge in [-0.25, -0.2) is 0 Å². The molecule has 2 heterocycles. The SMILES string of the molecule is CCCOc1cccc(/C(O)=C2\C(=O)C(=O)N(Cc3cccnc3)C2c2ccc(C)cc2)c1. The Labute approximate surface area is 193 Å². The van der Waals surface area contributed by atoms with Gasteiger partial charge < -0.3 is 14.7 Å². The van der Waals surface area contributed by atoms with Crippen LogP contribution in [-0.4, -0.2) is 33.3 Å². The quantitative estimate of drug-likeness (QED) is 0.323. The van der Waals surface area contributed by atoms with Gasteiger partial charge in [-0.2, -0.15) is 0 Å². The molecule has 1 unspecified atom stereocenters. The van der Waals surface area contributed by atoms with Gasteiger partial charge in [0.05, 0.1) is 18.2 Å². The lowest BCUT2D eigenvalue weighted by molar-refractivity contribution is -0.140. The van der Waals surface area contributed by atoms with Crippen LogP contribution in [0.3, 0.4) is 0 Å². The summed E-state index contributed by atoms with van der Waals surface area (Å²) in [6.07, 6.45) is 4.17. The van der Waals surface area contributed by atoms with Gasteiger partial charge >= 0.3 is 0 Å². The zero-order chi connectivity index (χ0) is 23.4. The number of amides is 1. The number of aliphatic hydroxyl groups is 1. The highest BCUT2D eigenvalue weighted by atomic mass is 16.5. The number of hydrogen-bond acceptors (Lipinski definition) is 5. The topological polar surface area (TPSA) is 79.7 Å². The van der Waals surface area contributed by atoms with Crippen molar-refractivity contribution in [3.8, 4) is 5.75 Å². The smallest absolute Gasteiger partial charge is 0.295 e. The number of likely N-dealkylation sites (tertiary alicyclic amines) is 1. The molecule has 33 heavy (non-hydrogen) atoms. The lowest BCUT2D eigenvalue weighted by Gasteiger charge is -2.25. The maximum atomic E-state index is 13.2. The molecular formula is C27H26N2O4. The molecule has 2 aromatic carbocycles. The van der Waals surface area contributed by atoms with Crippen LogP contribution in [0.1, 0.15) is 41.6 Å². The van der Waals surface area contributed by atoms with Crippen molar-refractivity contribution in [1.29, 1.82) is 0 Å². The van der Waals surface area contributed by atoms with E-state index in [0.717, 1.165) is 23.1 Å². The van der Waals surface area contributed by atoms with E-state index in [9.17, 15) is 14.7 Å². The molecule has 4 rings (SSSR count). The van der Waals surface area contributed by atoms with Gasteiger partial charge in [-0.3, -0.25) is 14.6 Å². The zero-order valence-corrected chi connectivity index (χ0v) is 18.7. The van der Waals surface area contributed by atoms with Crippen molar-refractivity contribution in [1.82, 2.24) is 9.88 Å². The third-order valence-corrected chi connectivity index (χ3v) is 5.59. The molecule has 1 aliphatic heterocycles. The number of aryl methyl sites for hydroxylation is 1. The summed E-state index contributed by atoms with van der Waals surface area (Å²) < 4.78 is 5.68. The molecule has 1 amide bonds. The largest absolute Gasteiger partial charge is 0.507 e. The summed E-state index contributed by atoms with van der Waals surface area (Å²) in [5, 5.41) is 11.2. The molecule has 0 saturated carbocycles. The zero-order valence-electron chi connectivity index (χ0n) is 18.7. The van der Waals surface area contributed by atoms with Crippen LogP contribution in [-0.2, 0) is 16.1 Å². The number of ketones is 1. The summed E-state index contributed by atoms with van der Waals surface area (Å²) in [7, 11) is 0. The van der Waals surface area contributed by atoms with Gasteiger partial charge in [-0.05, 0) is 42.7 Å². The molecule has 1 aliphatic rings. The highest BCUT2D eigenvalue weighted by Gasteiger charge is 2.46. The van der Waals surface area contributed by atoms with E-state index in [4.69, 9.17) is 4.74 Å². The normalized spacial score (nSPS) is 17.4. The van der Waals surface area contributed by atoms with Crippen LogP contribution in [0.2, 0.25) is 0 Å². The Bertz CT molecular complexity index is 1190. The molecule has 3 aromatic rings. The van der Waals surface area contributed by atoms with Gasteiger partial charge in [-0.15, -0.1) is 0 Å². The Morgan fingerprint density at radius 3 is 2.58 bits per heavy atom. The van der Waals surface area contributed by atoms with E-state index >= 15 is 0 Å². The monoisotopic (exact) mass is 442 g/mol. The fourth-order valence-electron chi connectivity index (χ4n) is 3.94. The van der Waals surface area contributed by atoms with Crippen LogP contribution >= 0.6 is 0 Å². The minimum atomic E-state index is -0.717. The minimum Gasteiger partial charge on any atom is -0.507 e. The molecule has 6 nitrogen and oxygen atoms in total. The van der Waals surface area contributed by atoms with E-state index in [2.05, 4.69) is 4.98 Å². The molecule has 1 N–H and O–H groups in total. The van der Waals surface area contributed by atoms with Gasteiger partial charge in [-0.1, -0.05) is 55.0 Å². The second-order valence-corrected chi connectivity index (χ2v) is 8.08. The van der Waals surface area contributed by atoms with Crippen molar-refractivity contribution in [3.63, 3.8) is 0 Å². The predicted molar refractivity (Wildman–Crippen MR) is 125 cm³/mol. The van der Waals surface area contributed by atoms with Gasteiger partial charge in [0.2, 0.25) is 0 Å². The Balaban J connectivity index is 1.81. The second-order valence-electron chi connectivity index (χ2n) is 8.08. The van der Waals surface area contributed by atoms with Crippen molar-refractivity contribution < 1.29 is 19.4 Å². The summed E-state index contributed by atoms with van der Waals surface area (Å²) in [5.74, 6) is -0.974. The molecule has 0 aliphatic carbocycles. The molecule has 168 valence electrons. The number of aliphatic hydroxyl groups excluding tert-OH is 1. The number of benzene rings is 2. The molecule has 1 fully saturated rings. The summed E-state index contributed by atoms with van der Waals surface area (Å²) in [4.78, 5) is 31.9. The summed E-state index contributed by atoms with van der Waals surface area (Å²) in [5.41, 5.74) is 3.11. The Morgan fingerprint density at radius 2 is 1.88 bits per heavy atom. The fourth-order valence-corrected chi connectivity index (χ4v) is 3.94. The molecular weight excluding hydrogens is 416 g/mol. The lowest BCUT2D eigenvalue weighted by atomic mass is 9.94. The number of hydrogen-bond donors (Lipinski definition) is 1. The average molecular weight is 443 g/mol. The first-order valence-corrected chi connectivity index (χ1v) is 11.0. The Hall–Kier alpha value is -3.93. The van der Waals surface area contributed by atoms with Crippen molar-refractivity contribution in [2.75, 3.05) is 6.61 Å². The fraction of sp³-hybridized carbons (Fsp3) is 0.222. The van der Waals surface area contributed by atoms with Crippen molar-refractivity contribution in [3.05, 3.63) is 101 Å². The summed E-state index contributed by atoms with van der Waals surface area (Å²) in [6, 6.07) is 17.5. The highest BCUT2D eigenvalue weighted by Crippen LogP contribution is 2.40. The molecule has 0 radical (unpaired) electrons. The molecule has 0 bridgehead atoms. The molecule has 0 spiro atoms. The van der Waals surface area contributed by atoms with E-state index in [0.29, 0.717) is 17.9 Å². The first-order chi connectivity index (χ1) is 16.0. The lowest BCUT2D eigenvalue weighted by Crippen LogP contribution is -2.29. The molecule has 1 aromatic heterocycles. The third-order valence-electron chi connectivity index (χ3n) is 5.59. The number of ether oxygens (including phenoxy) is 1. The third kappa shape index (κ3) is 4.65. The number of aromatic nitrogens is 1. The first-order valence-electron chi connectivity index (χ1n) is 11.0. The number of carbonyl (C=O) groups excluding carboxylic acids is 2. The van der Waals surface area contributed by atoms with Gasteiger partial charge in [0.15, 0.2) is 0 Å². The van der Waals surface area contributed by atoms with Gasteiger partial charge in [0, 0.05) is 24.5 Å². The number of nitrogens with zero attached hydrogens (tertiary/aromatic N) is 2. The number of pyridine rings is 1.